The summed E-state index contributed by atoms with van der Waals surface area (Å²) in [6.45, 7) is 6.88. The summed E-state index contributed by atoms with van der Waals surface area (Å²) >= 11 is 1.75. The van der Waals surface area contributed by atoms with E-state index >= 15 is 0 Å². The Morgan fingerprint density at radius 3 is 2.71 bits per heavy atom. The first-order valence-electron chi connectivity index (χ1n) is 9.22. The minimum atomic E-state index is 0.146. The number of aryl methyl sites for hydroxylation is 1. The van der Waals surface area contributed by atoms with E-state index in [1.165, 1.54) is 4.88 Å². The number of benzene rings is 1. The summed E-state index contributed by atoms with van der Waals surface area (Å²) < 4.78 is 10.8. The van der Waals surface area contributed by atoms with Crippen LogP contribution in [0.4, 0.5) is 5.69 Å². The average molecular weight is 400 g/mol. The van der Waals surface area contributed by atoms with Crippen LogP contribution >= 0.6 is 11.3 Å². The maximum absolute atomic E-state index is 5.69. The monoisotopic (exact) mass is 399 g/mol. The van der Waals surface area contributed by atoms with E-state index in [9.17, 15) is 0 Å². The molecule has 0 amide bonds. The Hall–Kier alpha value is -2.87. The third-order valence-electron chi connectivity index (χ3n) is 3.67. The number of thiophene rings is 1. The van der Waals surface area contributed by atoms with Gasteiger partial charge in [-0.25, -0.2) is 4.99 Å². The van der Waals surface area contributed by atoms with Crippen LogP contribution in [0, 0.1) is 6.92 Å². The van der Waals surface area contributed by atoms with Crippen LogP contribution in [0.5, 0.6) is 5.75 Å². The average Bonchev–Trinajstić information content (AvgIpc) is 3.32. The molecule has 1 aromatic carbocycles. The molecule has 3 rings (SSSR count). The number of guanidine groups is 1. The molecule has 0 spiro atoms. The maximum Gasteiger partial charge on any atom is 0.248 e. The smallest absolute Gasteiger partial charge is 0.248 e. The molecule has 7 nitrogen and oxygen atoms in total. The highest BCUT2D eigenvalue weighted by Crippen LogP contribution is 2.17. The normalized spacial score (nSPS) is 11.6. The molecule has 2 aromatic heterocycles. The summed E-state index contributed by atoms with van der Waals surface area (Å²) in [7, 11) is 0. The maximum atomic E-state index is 5.69. The van der Waals surface area contributed by atoms with Gasteiger partial charge in [-0.15, -0.1) is 11.3 Å². The van der Waals surface area contributed by atoms with E-state index in [1.54, 1.807) is 18.3 Å². The largest absolute Gasteiger partial charge is 0.491 e. The van der Waals surface area contributed by atoms with E-state index in [4.69, 9.17) is 9.26 Å². The van der Waals surface area contributed by atoms with Gasteiger partial charge >= 0.3 is 0 Å². The highest BCUT2D eigenvalue weighted by Gasteiger charge is 2.05. The summed E-state index contributed by atoms with van der Waals surface area (Å²) in [5.74, 6) is 2.58. The molecule has 0 unspecified atom stereocenters. The molecular weight excluding hydrogens is 374 g/mol. The summed E-state index contributed by atoms with van der Waals surface area (Å²) in [6.07, 6.45) is 1.08. The Morgan fingerprint density at radius 2 is 2.07 bits per heavy atom. The minimum absolute atomic E-state index is 0.146. The second kappa shape index (κ2) is 9.89. The molecule has 0 aliphatic heterocycles. The molecule has 0 aliphatic rings. The lowest BCUT2D eigenvalue weighted by Crippen LogP contribution is -2.32. The van der Waals surface area contributed by atoms with Gasteiger partial charge in [0, 0.05) is 17.1 Å². The molecule has 2 N–H and O–H groups in total. The summed E-state index contributed by atoms with van der Waals surface area (Å²) in [6, 6.07) is 12.0. The van der Waals surface area contributed by atoms with Gasteiger partial charge in [0.25, 0.3) is 0 Å². The molecule has 0 saturated heterocycles. The Morgan fingerprint density at radius 1 is 1.25 bits per heavy atom. The number of hydrogen-bond donors (Lipinski definition) is 2. The standard InChI is InChI=1S/C20H25N5O2S/c1-14(2)26-17-8-6-16(7-9-17)24-20(21-11-10-18-5-4-12-28-18)22-13-19-23-15(3)25-27-19/h4-9,12,14H,10-11,13H2,1-3H3,(H2,21,22,24). The Bertz CT molecular complexity index is 872. The first kappa shape index (κ1) is 19.9. The molecule has 8 heteroatoms. The number of hydrogen-bond acceptors (Lipinski definition) is 6. The number of aromatic nitrogens is 2. The molecular formula is C20H25N5O2S. The summed E-state index contributed by atoms with van der Waals surface area (Å²) in [5, 5.41) is 12.6. The van der Waals surface area contributed by atoms with Crippen molar-refractivity contribution in [2.75, 3.05) is 11.9 Å². The third kappa shape index (κ3) is 6.38. The second-order valence-corrected chi connectivity index (χ2v) is 7.50. The fourth-order valence-corrected chi connectivity index (χ4v) is 3.18. The highest BCUT2D eigenvalue weighted by molar-refractivity contribution is 7.09. The van der Waals surface area contributed by atoms with Crippen LogP contribution in [0.25, 0.3) is 0 Å². The van der Waals surface area contributed by atoms with Crippen molar-refractivity contribution in [3.8, 4) is 5.75 Å². The predicted octanol–water partition coefficient (Wildman–Crippen LogP) is 4.03. The van der Waals surface area contributed by atoms with Gasteiger partial charge in [-0.1, -0.05) is 11.2 Å². The van der Waals surface area contributed by atoms with Crippen LogP contribution < -0.4 is 15.4 Å². The number of aliphatic imine (C=N–C) groups is 1. The van der Waals surface area contributed by atoms with Gasteiger partial charge < -0.3 is 19.9 Å². The number of ether oxygens (including phenoxy) is 1. The molecule has 0 radical (unpaired) electrons. The molecule has 0 fully saturated rings. The minimum Gasteiger partial charge on any atom is -0.491 e. The lowest BCUT2D eigenvalue weighted by Gasteiger charge is -2.13. The molecule has 0 aliphatic carbocycles. The number of anilines is 1. The molecule has 0 saturated carbocycles. The van der Waals surface area contributed by atoms with Gasteiger partial charge in [-0.05, 0) is 62.9 Å². The SMILES string of the molecule is Cc1noc(CN=C(NCCc2cccs2)Nc2ccc(OC(C)C)cc2)n1. The van der Waals surface area contributed by atoms with Gasteiger partial charge in [0.1, 0.15) is 12.3 Å². The predicted molar refractivity (Wildman–Crippen MR) is 112 cm³/mol. The van der Waals surface area contributed by atoms with E-state index in [-0.39, 0.29) is 6.10 Å². The second-order valence-electron chi connectivity index (χ2n) is 6.47. The van der Waals surface area contributed by atoms with Gasteiger partial charge in [0.05, 0.1) is 6.10 Å². The van der Waals surface area contributed by atoms with Crippen LogP contribution in [0.1, 0.15) is 30.4 Å². The van der Waals surface area contributed by atoms with E-state index in [1.807, 2.05) is 38.1 Å². The number of rotatable bonds is 8. The van der Waals surface area contributed by atoms with Gasteiger partial charge in [0.15, 0.2) is 11.8 Å². The van der Waals surface area contributed by atoms with Crippen molar-refractivity contribution in [1.82, 2.24) is 15.5 Å². The quantitative estimate of drug-likeness (QED) is 0.439. The lowest BCUT2D eigenvalue weighted by molar-refractivity contribution is 0.242. The van der Waals surface area contributed by atoms with Crippen molar-refractivity contribution < 1.29 is 9.26 Å². The fraction of sp³-hybridized carbons (Fsp3) is 0.350. The van der Waals surface area contributed by atoms with E-state index in [0.29, 0.717) is 24.2 Å². The molecule has 3 aromatic rings. The van der Waals surface area contributed by atoms with Crippen molar-refractivity contribution in [3.63, 3.8) is 0 Å². The van der Waals surface area contributed by atoms with Crippen molar-refractivity contribution in [2.24, 2.45) is 4.99 Å². The topological polar surface area (TPSA) is 84.6 Å². The van der Waals surface area contributed by atoms with Crippen molar-refractivity contribution in [2.45, 2.75) is 39.8 Å². The van der Waals surface area contributed by atoms with E-state index in [0.717, 1.165) is 24.4 Å². The molecule has 28 heavy (non-hydrogen) atoms. The first-order chi connectivity index (χ1) is 13.6. The van der Waals surface area contributed by atoms with Gasteiger partial charge in [-0.3, -0.25) is 0 Å². The summed E-state index contributed by atoms with van der Waals surface area (Å²) in [4.78, 5) is 10.1. The number of nitrogens with zero attached hydrogens (tertiary/aromatic N) is 3. The van der Waals surface area contributed by atoms with E-state index < -0.39 is 0 Å². The van der Waals surface area contributed by atoms with Crippen LogP contribution in [0.15, 0.2) is 51.3 Å². The Labute approximate surface area is 168 Å². The Kier molecular flexibility index (Phi) is 7.02. The fourth-order valence-electron chi connectivity index (χ4n) is 2.48. The third-order valence-corrected chi connectivity index (χ3v) is 4.61. The highest BCUT2D eigenvalue weighted by atomic mass is 32.1. The zero-order valence-electron chi connectivity index (χ0n) is 16.3. The van der Waals surface area contributed by atoms with Gasteiger partial charge in [0.2, 0.25) is 5.89 Å². The van der Waals surface area contributed by atoms with Crippen molar-refractivity contribution in [3.05, 3.63) is 58.4 Å². The van der Waals surface area contributed by atoms with Crippen LogP contribution in [0.3, 0.4) is 0 Å². The van der Waals surface area contributed by atoms with Crippen molar-refractivity contribution in [1.29, 1.82) is 0 Å². The zero-order chi connectivity index (χ0) is 19.8. The first-order valence-corrected chi connectivity index (χ1v) is 10.1. The van der Waals surface area contributed by atoms with Crippen LogP contribution in [-0.4, -0.2) is 28.7 Å². The molecule has 0 bridgehead atoms. The summed E-state index contributed by atoms with van der Waals surface area (Å²) in [5.41, 5.74) is 0.917. The molecule has 2 heterocycles. The lowest BCUT2D eigenvalue weighted by atomic mass is 10.3. The van der Waals surface area contributed by atoms with Crippen LogP contribution in [0.2, 0.25) is 0 Å². The van der Waals surface area contributed by atoms with Gasteiger partial charge in [-0.2, -0.15) is 4.98 Å². The zero-order valence-corrected chi connectivity index (χ0v) is 17.1. The van der Waals surface area contributed by atoms with Crippen molar-refractivity contribution >= 4 is 23.0 Å². The Balaban J connectivity index is 1.63. The molecule has 0 atom stereocenters. The van der Waals surface area contributed by atoms with Crippen LogP contribution in [-0.2, 0) is 13.0 Å². The number of nitrogens with one attached hydrogen (secondary N) is 2. The molecule has 148 valence electrons. The van der Waals surface area contributed by atoms with E-state index in [2.05, 4.69) is 43.3 Å².